The molecule has 0 bridgehead atoms. The van der Waals surface area contributed by atoms with Crippen LogP contribution in [0.2, 0.25) is 0 Å². The summed E-state index contributed by atoms with van der Waals surface area (Å²) in [7, 11) is 0. The van der Waals surface area contributed by atoms with Crippen molar-refractivity contribution in [2.45, 2.75) is 19.4 Å². The Morgan fingerprint density at radius 3 is 2.93 bits per heavy atom. The molecule has 0 aromatic carbocycles. The van der Waals surface area contributed by atoms with E-state index >= 15 is 0 Å². The quantitative estimate of drug-likeness (QED) is 0.872. The molecule has 0 aliphatic rings. The van der Waals surface area contributed by atoms with E-state index in [9.17, 15) is 0 Å². The second-order valence-corrected chi connectivity index (χ2v) is 4.83. The summed E-state index contributed by atoms with van der Waals surface area (Å²) >= 11 is 5.18. The number of hydrogen-bond acceptors (Lipinski definition) is 5. The number of hydrogen-bond donors (Lipinski definition) is 2. The lowest BCUT2D eigenvalue weighted by Crippen LogP contribution is -2.22. The van der Waals surface area contributed by atoms with E-state index in [1.54, 1.807) is 0 Å². The van der Waals surface area contributed by atoms with Gasteiger partial charge in [0.15, 0.2) is 0 Å². The molecule has 1 aromatic rings. The molecule has 3 N–H and O–H groups in total. The van der Waals surface area contributed by atoms with Gasteiger partial charge in [-0.2, -0.15) is 11.8 Å². The summed E-state index contributed by atoms with van der Waals surface area (Å²) in [6, 6.07) is 0.408. The molecule has 1 heterocycles. The van der Waals surface area contributed by atoms with Crippen LogP contribution in [0.3, 0.4) is 0 Å². The van der Waals surface area contributed by atoms with Crippen LogP contribution >= 0.6 is 27.7 Å². The van der Waals surface area contributed by atoms with E-state index in [-0.39, 0.29) is 0 Å². The molecule has 84 valence electrons. The van der Waals surface area contributed by atoms with E-state index in [1.807, 2.05) is 11.8 Å². The van der Waals surface area contributed by atoms with Gasteiger partial charge in [0.25, 0.3) is 0 Å². The van der Waals surface area contributed by atoms with Crippen molar-refractivity contribution in [3.63, 3.8) is 0 Å². The van der Waals surface area contributed by atoms with Crippen molar-refractivity contribution in [3.05, 3.63) is 10.8 Å². The molecule has 15 heavy (non-hydrogen) atoms. The molecule has 1 aromatic heterocycles. The molecular weight excluding hydrogens is 276 g/mol. The number of nitrogens with zero attached hydrogens (tertiary/aromatic N) is 2. The van der Waals surface area contributed by atoms with Gasteiger partial charge < -0.3 is 11.1 Å². The summed E-state index contributed by atoms with van der Waals surface area (Å²) in [6.07, 6.45) is 4.61. The van der Waals surface area contributed by atoms with Crippen LogP contribution in [0.15, 0.2) is 10.8 Å². The van der Waals surface area contributed by atoms with Gasteiger partial charge >= 0.3 is 0 Å². The lowest BCUT2D eigenvalue weighted by molar-refractivity contribution is 0.768. The zero-order valence-electron chi connectivity index (χ0n) is 8.83. The van der Waals surface area contributed by atoms with Crippen molar-refractivity contribution in [2.24, 2.45) is 0 Å². The maximum Gasteiger partial charge on any atom is 0.146 e. The molecule has 1 rings (SSSR count). The molecule has 1 unspecified atom stereocenters. The van der Waals surface area contributed by atoms with Crippen molar-refractivity contribution in [1.82, 2.24) is 9.97 Å². The van der Waals surface area contributed by atoms with Gasteiger partial charge in [-0.1, -0.05) is 6.92 Å². The zero-order chi connectivity index (χ0) is 11.3. The second kappa shape index (κ2) is 6.17. The molecule has 0 saturated carbocycles. The molecule has 0 spiro atoms. The first-order valence-corrected chi connectivity index (χ1v) is 6.89. The van der Waals surface area contributed by atoms with Crippen molar-refractivity contribution in [1.29, 1.82) is 0 Å². The Balaban J connectivity index is 2.74. The van der Waals surface area contributed by atoms with Crippen LogP contribution in [0.4, 0.5) is 11.6 Å². The van der Waals surface area contributed by atoms with Crippen LogP contribution in [-0.2, 0) is 0 Å². The summed E-state index contributed by atoms with van der Waals surface area (Å²) < 4.78 is 0.740. The summed E-state index contributed by atoms with van der Waals surface area (Å²) in [6.45, 7) is 2.15. The Labute approximate surface area is 103 Å². The normalized spacial score (nSPS) is 12.5. The molecular formula is C9H15BrN4S. The van der Waals surface area contributed by atoms with Crippen molar-refractivity contribution < 1.29 is 0 Å². The number of aromatic nitrogens is 2. The predicted octanol–water partition coefficient (Wildman–Crippen LogP) is 2.37. The standard InChI is InChI=1S/C9H15BrN4S/c1-3-6(4-15-2)14-9-7(10)8(11)12-5-13-9/h5-6H,3-4H2,1-2H3,(H3,11,12,13,14). The molecule has 6 heteroatoms. The van der Waals surface area contributed by atoms with Gasteiger partial charge in [-0.25, -0.2) is 9.97 Å². The van der Waals surface area contributed by atoms with Gasteiger partial charge in [0.2, 0.25) is 0 Å². The number of halogens is 1. The number of nitrogens with two attached hydrogens (primary N) is 1. The number of anilines is 2. The minimum atomic E-state index is 0.408. The van der Waals surface area contributed by atoms with E-state index in [2.05, 4.69) is 44.4 Å². The van der Waals surface area contributed by atoms with Gasteiger partial charge in [-0.3, -0.25) is 0 Å². The predicted molar refractivity (Wildman–Crippen MR) is 70.2 cm³/mol. The summed E-state index contributed by atoms with van der Waals surface area (Å²) in [4.78, 5) is 8.04. The third-order valence-electron chi connectivity index (χ3n) is 2.02. The fourth-order valence-electron chi connectivity index (χ4n) is 1.14. The van der Waals surface area contributed by atoms with Crippen LogP contribution < -0.4 is 11.1 Å². The highest BCUT2D eigenvalue weighted by Crippen LogP contribution is 2.25. The SMILES string of the molecule is CCC(CSC)Nc1ncnc(N)c1Br. The van der Waals surface area contributed by atoms with E-state index in [4.69, 9.17) is 5.73 Å². The van der Waals surface area contributed by atoms with Gasteiger partial charge in [-0.15, -0.1) is 0 Å². The Morgan fingerprint density at radius 2 is 2.33 bits per heavy atom. The van der Waals surface area contributed by atoms with E-state index < -0.39 is 0 Å². The fraction of sp³-hybridized carbons (Fsp3) is 0.556. The van der Waals surface area contributed by atoms with E-state index in [0.717, 1.165) is 22.5 Å². The Morgan fingerprint density at radius 1 is 1.60 bits per heavy atom. The number of rotatable bonds is 5. The first-order valence-electron chi connectivity index (χ1n) is 4.70. The highest BCUT2D eigenvalue weighted by molar-refractivity contribution is 9.10. The second-order valence-electron chi connectivity index (χ2n) is 3.13. The molecule has 0 fully saturated rings. The monoisotopic (exact) mass is 290 g/mol. The molecule has 0 aliphatic carbocycles. The minimum absolute atomic E-state index is 0.408. The van der Waals surface area contributed by atoms with Crippen LogP contribution in [-0.4, -0.2) is 28.0 Å². The lowest BCUT2D eigenvalue weighted by Gasteiger charge is -2.17. The summed E-state index contributed by atoms with van der Waals surface area (Å²) in [5, 5.41) is 3.34. The van der Waals surface area contributed by atoms with E-state index in [0.29, 0.717) is 11.9 Å². The van der Waals surface area contributed by atoms with Crippen LogP contribution in [0, 0.1) is 0 Å². The van der Waals surface area contributed by atoms with Crippen LogP contribution in [0.25, 0.3) is 0 Å². The summed E-state index contributed by atoms with van der Waals surface area (Å²) in [5.41, 5.74) is 5.67. The van der Waals surface area contributed by atoms with Crippen LogP contribution in [0.5, 0.6) is 0 Å². The smallest absolute Gasteiger partial charge is 0.146 e. The third-order valence-corrected chi connectivity index (χ3v) is 3.54. The number of nitrogen functional groups attached to an aromatic ring is 1. The maximum atomic E-state index is 5.67. The highest BCUT2D eigenvalue weighted by Gasteiger charge is 2.10. The lowest BCUT2D eigenvalue weighted by atomic mass is 10.2. The average Bonchev–Trinajstić information content (AvgIpc) is 2.24. The van der Waals surface area contributed by atoms with Gasteiger partial charge in [0.1, 0.15) is 22.4 Å². The Bertz CT molecular complexity index is 321. The van der Waals surface area contributed by atoms with Crippen molar-refractivity contribution in [2.75, 3.05) is 23.1 Å². The molecule has 4 nitrogen and oxygen atoms in total. The average molecular weight is 291 g/mol. The van der Waals surface area contributed by atoms with Gasteiger partial charge in [-0.05, 0) is 28.6 Å². The number of thioether (sulfide) groups is 1. The van der Waals surface area contributed by atoms with Gasteiger partial charge in [0.05, 0.1) is 0 Å². The minimum Gasteiger partial charge on any atom is -0.383 e. The van der Waals surface area contributed by atoms with Crippen molar-refractivity contribution in [3.8, 4) is 0 Å². The zero-order valence-corrected chi connectivity index (χ0v) is 11.2. The first-order chi connectivity index (χ1) is 7.19. The first kappa shape index (κ1) is 12.6. The fourth-order valence-corrected chi connectivity index (χ4v) is 2.18. The Hall–Kier alpha value is -0.490. The topological polar surface area (TPSA) is 63.8 Å². The Kier molecular flexibility index (Phi) is 5.17. The molecule has 0 radical (unpaired) electrons. The summed E-state index contributed by atoms with van der Waals surface area (Å²) in [5.74, 6) is 2.28. The molecule has 0 saturated heterocycles. The van der Waals surface area contributed by atoms with E-state index in [1.165, 1.54) is 6.33 Å². The largest absolute Gasteiger partial charge is 0.383 e. The molecule has 0 aliphatic heterocycles. The molecule has 1 atom stereocenters. The van der Waals surface area contributed by atoms with Gasteiger partial charge in [0, 0.05) is 11.8 Å². The molecule has 0 amide bonds. The number of nitrogens with one attached hydrogen (secondary N) is 1. The van der Waals surface area contributed by atoms with Crippen molar-refractivity contribution >= 4 is 39.3 Å². The maximum absolute atomic E-state index is 5.67. The third kappa shape index (κ3) is 3.53. The highest BCUT2D eigenvalue weighted by atomic mass is 79.9. The van der Waals surface area contributed by atoms with Crippen LogP contribution in [0.1, 0.15) is 13.3 Å².